The van der Waals surface area contributed by atoms with E-state index < -0.39 is 22.8 Å². The Bertz CT molecular complexity index is 616. The van der Waals surface area contributed by atoms with Crippen molar-refractivity contribution in [2.45, 2.75) is 39.7 Å². The molecular formula is C16H23N3O5. The number of benzene rings is 1. The molecule has 0 aliphatic heterocycles. The largest absolute Gasteiger partial charge is 0.480 e. The fraction of sp³-hybridized carbons (Fsp3) is 0.500. The third kappa shape index (κ3) is 6.33. The smallest absolute Gasteiger partial charge is 0.321 e. The molecule has 132 valence electrons. The number of carbonyl (C=O) groups is 2. The molecule has 0 aliphatic carbocycles. The SMILES string of the molecule is Cc1ccc(NC(=O)CC(NCCC(C)C)C(=O)O)c([N+](=O)[O-])c1. The molecule has 1 rings (SSSR count). The van der Waals surface area contributed by atoms with Crippen molar-refractivity contribution in [1.29, 1.82) is 0 Å². The second-order valence-electron chi connectivity index (χ2n) is 6.06. The molecule has 0 aliphatic rings. The molecule has 3 N–H and O–H groups in total. The zero-order chi connectivity index (χ0) is 18.3. The van der Waals surface area contributed by atoms with Crippen LogP contribution in [0.15, 0.2) is 18.2 Å². The number of nitro benzene ring substituents is 1. The van der Waals surface area contributed by atoms with Gasteiger partial charge in [0, 0.05) is 6.07 Å². The number of carboxylic acids is 1. The van der Waals surface area contributed by atoms with Gasteiger partial charge in [0.15, 0.2) is 0 Å². The lowest BCUT2D eigenvalue weighted by atomic mass is 10.1. The number of nitrogens with zero attached hydrogens (tertiary/aromatic N) is 1. The summed E-state index contributed by atoms with van der Waals surface area (Å²) in [6.45, 7) is 6.21. The van der Waals surface area contributed by atoms with E-state index in [9.17, 15) is 24.8 Å². The van der Waals surface area contributed by atoms with Crippen LogP contribution >= 0.6 is 0 Å². The Morgan fingerprint density at radius 1 is 1.33 bits per heavy atom. The first-order valence-corrected chi connectivity index (χ1v) is 7.71. The van der Waals surface area contributed by atoms with E-state index in [1.54, 1.807) is 13.0 Å². The van der Waals surface area contributed by atoms with Crippen LogP contribution in [0.1, 0.15) is 32.3 Å². The van der Waals surface area contributed by atoms with Gasteiger partial charge in [-0.25, -0.2) is 0 Å². The maximum Gasteiger partial charge on any atom is 0.321 e. The van der Waals surface area contributed by atoms with Gasteiger partial charge in [-0.1, -0.05) is 19.9 Å². The Morgan fingerprint density at radius 3 is 2.54 bits per heavy atom. The lowest BCUT2D eigenvalue weighted by Gasteiger charge is -2.15. The Balaban J connectivity index is 2.73. The Hall–Kier alpha value is -2.48. The second-order valence-corrected chi connectivity index (χ2v) is 6.06. The van der Waals surface area contributed by atoms with E-state index in [1.165, 1.54) is 12.1 Å². The number of aryl methyl sites for hydroxylation is 1. The van der Waals surface area contributed by atoms with Crippen LogP contribution in [0.25, 0.3) is 0 Å². The van der Waals surface area contributed by atoms with Gasteiger partial charge in [0.1, 0.15) is 11.7 Å². The zero-order valence-electron chi connectivity index (χ0n) is 14.0. The molecular weight excluding hydrogens is 314 g/mol. The molecule has 0 heterocycles. The van der Waals surface area contributed by atoms with E-state index in [2.05, 4.69) is 10.6 Å². The molecule has 1 atom stereocenters. The number of carbonyl (C=O) groups excluding carboxylic acids is 1. The van der Waals surface area contributed by atoms with Gasteiger partial charge in [-0.3, -0.25) is 19.7 Å². The van der Waals surface area contributed by atoms with Crippen molar-refractivity contribution in [1.82, 2.24) is 5.32 Å². The molecule has 0 bridgehead atoms. The summed E-state index contributed by atoms with van der Waals surface area (Å²) < 4.78 is 0. The number of amides is 1. The van der Waals surface area contributed by atoms with Crippen molar-refractivity contribution in [2.75, 3.05) is 11.9 Å². The van der Waals surface area contributed by atoms with Gasteiger partial charge in [0.25, 0.3) is 5.69 Å². The van der Waals surface area contributed by atoms with Crippen molar-refractivity contribution in [2.24, 2.45) is 5.92 Å². The van der Waals surface area contributed by atoms with Crippen molar-refractivity contribution in [3.63, 3.8) is 0 Å². The van der Waals surface area contributed by atoms with Crippen molar-refractivity contribution >= 4 is 23.3 Å². The van der Waals surface area contributed by atoms with Gasteiger partial charge in [0.2, 0.25) is 5.91 Å². The van der Waals surface area contributed by atoms with Crippen molar-refractivity contribution in [3.8, 4) is 0 Å². The topological polar surface area (TPSA) is 122 Å². The molecule has 8 heteroatoms. The number of hydrogen-bond donors (Lipinski definition) is 3. The van der Waals surface area contributed by atoms with Crippen LogP contribution in [0.4, 0.5) is 11.4 Å². The molecule has 1 aromatic carbocycles. The van der Waals surface area contributed by atoms with Crippen molar-refractivity contribution in [3.05, 3.63) is 33.9 Å². The number of rotatable bonds is 9. The standard InChI is InChI=1S/C16H23N3O5/c1-10(2)6-7-17-13(16(21)22)9-15(20)18-12-5-4-11(3)8-14(12)19(23)24/h4-5,8,10,13,17H,6-7,9H2,1-3H3,(H,18,20)(H,21,22). The average Bonchev–Trinajstić information content (AvgIpc) is 2.47. The monoisotopic (exact) mass is 337 g/mol. The number of carboxylic acid groups (broad SMARTS) is 1. The highest BCUT2D eigenvalue weighted by atomic mass is 16.6. The number of nitro groups is 1. The Kier molecular flexibility index (Phi) is 7.31. The van der Waals surface area contributed by atoms with E-state index in [0.29, 0.717) is 18.0 Å². The summed E-state index contributed by atoms with van der Waals surface area (Å²) in [5, 5.41) is 25.5. The molecule has 0 radical (unpaired) electrons. The van der Waals surface area contributed by atoms with E-state index in [1.807, 2.05) is 13.8 Å². The lowest BCUT2D eigenvalue weighted by Crippen LogP contribution is -2.40. The minimum atomic E-state index is -1.13. The number of nitrogens with one attached hydrogen (secondary N) is 2. The van der Waals surface area contributed by atoms with Gasteiger partial charge in [0.05, 0.1) is 11.3 Å². The second kappa shape index (κ2) is 8.97. The first-order chi connectivity index (χ1) is 11.2. The molecule has 0 saturated carbocycles. The van der Waals surface area contributed by atoms with Crippen molar-refractivity contribution < 1.29 is 19.6 Å². The third-order valence-corrected chi connectivity index (χ3v) is 3.42. The molecule has 0 spiro atoms. The van der Waals surface area contributed by atoms with Crippen LogP contribution in [0.2, 0.25) is 0 Å². The minimum Gasteiger partial charge on any atom is -0.480 e. The van der Waals surface area contributed by atoms with Gasteiger partial charge < -0.3 is 15.7 Å². The quantitative estimate of drug-likeness (QED) is 0.469. The number of anilines is 1. The maximum absolute atomic E-state index is 12.0. The van der Waals surface area contributed by atoms with E-state index in [0.717, 1.165) is 6.42 Å². The zero-order valence-corrected chi connectivity index (χ0v) is 14.0. The van der Waals surface area contributed by atoms with Crippen LogP contribution in [-0.4, -0.2) is 34.5 Å². The summed E-state index contributed by atoms with van der Waals surface area (Å²) in [6.07, 6.45) is 0.479. The van der Waals surface area contributed by atoms with Crippen LogP contribution < -0.4 is 10.6 Å². The van der Waals surface area contributed by atoms with Crippen LogP contribution in [0.3, 0.4) is 0 Å². The summed E-state index contributed by atoms with van der Waals surface area (Å²) in [4.78, 5) is 33.7. The van der Waals surface area contributed by atoms with Crippen LogP contribution in [-0.2, 0) is 9.59 Å². The summed E-state index contributed by atoms with van der Waals surface area (Å²) in [5.41, 5.74) is 0.531. The molecule has 1 aromatic rings. The third-order valence-electron chi connectivity index (χ3n) is 3.42. The van der Waals surface area contributed by atoms with E-state index >= 15 is 0 Å². The summed E-state index contributed by atoms with van der Waals surface area (Å²) in [7, 11) is 0. The fourth-order valence-electron chi connectivity index (χ4n) is 2.08. The fourth-order valence-corrected chi connectivity index (χ4v) is 2.08. The molecule has 24 heavy (non-hydrogen) atoms. The molecule has 0 fully saturated rings. The molecule has 0 aromatic heterocycles. The first kappa shape index (κ1) is 19.6. The van der Waals surface area contributed by atoms with Crippen LogP contribution in [0.5, 0.6) is 0 Å². The summed E-state index contributed by atoms with van der Waals surface area (Å²) in [6, 6.07) is 3.39. The highest BCUT2D eigenvalue weighted by Gasteiger charge is 2.22. The van der Waals surface area contributed by atoms with Gasteiger partial charge in [-0.15, -0.1) is 0 Å². The normalized spacial score (nSPS) is 12.0. The van der Waals surface area contributed by atoms with Crippen LogP contribution in [0, 0.1) is 23.0 Å². The lowest BCUT2D eigenvalue weighted by molar-refractivity contribution is -0.384. The number of hydrogen-bond acceptors (Lipinski definition) is 5. The summed E-state index contributed by atoms with van der Waals surface area (Å²) in [5.74, 6) is -1.31. The van der Waals surface area contributed by atoms with E-state index in [4.69, 9.17) is 0 Å². The Morgan fingerprint density at radius 2 is 2.00 bits per heavy atom. The highest BCUT2D eigenvalue weighted by Crippen LogP contribution is 2.25. The maximum atomic E-state index is 12.0. The van der Waals surface area contributed by atoms with E-state index in [-0.39, 0.29) is 17.8 Å². The Labute approximate surface area is 140 Å². The number of aliphatic carboxylic acids is 1. The van der Waals surface area contributed by atoms with Gasteiger partial charge >= 0.3 is 5.97 Å². The minimum absolute atomic E-state index is 0.0573. The predicted molar refractivity (Wildman–Crippen MR) is 90.0 cm³/mol. The molecule has 0 saturated heterocycles. The predicted octanol–water partition coefficient (Wildman–Crippen LogP) is 2.32. The molecule has 1 amide bonds. The van der Waals surface area contributed by atoms with Gasteiger partial charge in [-0.05, 0) is 37.4 Å². The first-order valence-electron chi connectivity index (χ1n) is 7.71. The average molecular weight is 337 g/mol. The molecule has 1 unspecified atom stereocenters. The molecule has 8 nitrogen and oxygen atoms in total. The summed E-state index contributed by atoms with van der Waals surface area (Å²) >= 11 is 0. The highest BCUT2D eigenvalue weighted by molar-refractivity contribution is 5.95. The van der Waals surface area contributed by atoms with Gasteiger partial charge in [-0.2, -0.15) is 0 Å².